The van der Waals surface area contributed by atoms with E-state index in [2.05, 4.69) is 0 Å². The third-order valence-corrected chi connectivity index (χ3v) is 3.75. The molecule has 0 bridgehead atoms. The molecule has 0 saturated heterocycles. The number of fused-ring (bicyclic) bond motifs is 1. The van der Waals surface area contributed by atoms with Crippen molar-refractivity contribution < 1.29 is 19.8 Å². The molecule has 0 atom stereocenters. The molecule has 0 spiro atoms. The summed E-state index contributed by atoms with van der Waals surface area (Å²) in [6.07, 6.45) is 0. The van der Waals surface area contributed by atoms with Crippen LogP contribution in [-0.4, -0.2) is 22.2 Å². The largest absolute Gasteiger partial charge is 0.478 e. The minimum Gasteiger partial charge on any atom is -0.478 e. The third-order valence-electron chi connectivity index (χ3n) is 3.75. The topological polar surface area (TPSA) is 74.6 Å². The van der Waals surface area contributed by atoms with Gasteiger partial charge in [-0.2, -0.15) is 0 Å². The summed E-state index contributed by atoms with van der Waals surface area (Å²) in [5.74, 6) is -1.97. The van der Waals surface area contributed by atoms with E-state index in [1.807, 2.05) is 0 Å². The fraction of sp³-hybridized carbons (Fsp3) is 0.250. The first kappa shape index (κ1) is 14.1. The zero-order chi connectivity index (χ0) is 15.2. The van der Waals surface area contributed by atoms with Gasteiger partial charge < -0.3 is 10.2 Å². The van der Waals surface area contributed by atoms with Crippen LogP contribution in [0.25, 0.3) is 10.8 Å². The number of hydrogen-bond acceptors (Lipinski definition) is 2. The number of aryl methyl sites for hydroxylation is 4. The van der Waals surface area contributed by atoms with Crippen LogP contribution >= 0.6 is 0 Å². The Hall–Kier alpha value is -2.36. The summed E-state index contributed by atoms with van der Waals surface area (Å²) < 4.78 is 0. The van der Waals surface area contributed by atoms with Crippen LogP contribution in [0.3, 0.4) is 0 Å². The van der Waals surface area contributed by atoms with Crippen molar-refractivity contribution in [2.24, 2.45) is 0 Å². The molecule has 20 heavy (non-hydrogen) atoms. The van der Waals surface area contributed by atoms with Gasteiger partial charge in [-0.25, -0.2) is 9.59 Å². The monoisotopic (exact) mass is 272 g/mol. The predicted octanol–water partition coefficient (Wildman–Crippen LogP) is 3.47. The Labute approximate surface area is 116 Å². The van der Waals surface area contributed by atoms with E-state index in [-0.39, 0.29) is 11.1 Å². The highest BCUT2D eigenvalue weighted by atomic mass is 16.4. The van der Waals surface area contributed by atoms with Gasteiger partial charge in [0.25, 0.3) is 0 Å². The van der Waals surface area contributed by atoms with Gasteiger partial charge >= 0.3 is 11.9 Å². The molecule has 2 aromatic rings. The predicted molar refractivity (Wildman–Crippen MR) is 76.8 cm³/mol. The van der Waals surface area contributed by atoms with Crippen LogP contribution in [0.2, 0.25) is 0 Å². The normalized spacial score (nSPS) is 10.8. The fourth-order valence-electron chi connectivity index (χ4n) is 3.01. The van der Waals surface area contributed by atoms with Crippen molar-refractivity contribution in [3.8, 4) is 0 Å². The first-order chi connectivity index (χ1) is 9.25. The number of rotatable bonds is 2. The SMILES string of the molecule is Cc1cc2cc(C)c(C(=O)O)c(C)c2c(C)c1C(=O)O. The summed E-state index contributed by atoms with van der Waals surface area (Å²) in [5, 5.41) is 20.2. The van der Waals surface area contributed by atoms with E-state index >= 15 is 0 Å². The number of carboxylic acid groups (broad SMARTS) is 2. The molecular formula is C16H16O4. The molecule has 0 aromatic heterocycles. The molecule has 0 aliphatic heterocycles. The molecule has 4 heteroatoms. The number of hydrogen-bond donors (Lipinski definition) is 2. The highest BCUT2D eigenvalue weighted by molar-refractivity contribution is 6.05. The average molecular weight is 272 g/mol. The third kappa shape index (κ3) is 1.93. The lowest BCUT2D eigenvalue weighted by atomic mass is 9.89. The Morgan fingerprint density at radius 1 is 0.800 bits per heavy atom. The molecule has 104 valence electrons. The lowest BCUT2D eigenvalue weighted by Gasteiger charge is -2.15. The van der Waals surface area contributed by atoms with Crippen molar-refractivity contribution in [2.75, 3.05) is 0 Å². The Kier molecular flexibility index (Phi) is 3.26. The van der Waals surface area contributed by atoms with Crippen LogP contribution in [0.5, 0.6) is 0 Å². The number of carboxylic acids is 2. The molecule has 0 fully saturated rings. The standard InChI is InChI=1S/C16H16O4/c1-7-5-11-6-8(2)13(16(19)20)10(4)14(11)9(3)12(7)15(17)18/h5-6H,1-4H3,(H,17,18)(H,19,20). The molecule has 2 aromatic carbocycles. The number of carbonyl (C=O) groups is 2. The number of benzene rings is 2. The molecule has 0 amide bonds. The van der Waals surface area contributed by atoms with Gasteiger partial charge in [0, 0.05) is 0 Å². The Balaban J connectivity index is 3.03. The second-order valence-corrected chi connectivity index (χ2v) is 5.10. The maximum Gasteiger partial charge on any atom is 0.336 e. The van der Waals surface area contributed by atoms with Crippen LogP contribution in [0.1, 0.15) is 43.0 Å². The van der Waals surface area contributed by atoms with Gasteiger partial charge in [-0.1, -0.05) is 12.1 Å². The first-order valence-electron chi connectivity index (χ1n) is 6.26. The zero-order valence-corrected chi connectivity index (χ0v) is 11.9. The molecule has 0 heterocycles. The van der Waals surface area contributed by atoms with Crippen LogP contribution < -0.4 is 0 Å². The second kappa shape index (κ2) is 4.63. The van der Waals surface area contributed by atoms with Crippen molar-refractivity contribution >= 4 is 22.7 Å². The molecule has 0 aliphatic rings. The van der Waals surface area contributed by atoms with Crippen LogP contribution in [0, 0.1) is 27.7 Å². The average Bonchev–Trinajstić information content (AvgIpc) is 2.25. The van der Waals surface area contributed by atoms with E-state index in [1.165, 1.54) is 0 Å². The minimum absolute atomic E-state index is 0.251. The molecule has 4 nitrogen and oxygen atoms in total. The lowest BCUT2D eigenvalue weighted by molar-refractivity contribution is 0.0685. The molecule has 0 aliphatic carbocycles. The van der Waals surface area contributed by atoms with Crippen LogP contribution in [0.15, 0.2) is 12.1 Å². The molecule has 0 saturated carbocycles. The van der Waals surface area contributed by atoms with Crippen molar-refractivity contribution in [3.05, 3.63) is 45.5 Å². The van der Waals surface area contributed by atoms with Gasteiger partial charge in [-0.3, -0.25) is 0 Å². The minimum atomic E-state index is -0.987. The summed E-state index contributed by atoms with van der Waals surface area (Å²) in [6.45, 7) is 6.97. The van der Waals surface area contributed by atoms with Gasteiger partial charge in [-0.05, 0) is 60.7 Å². The van der Waals surface area contributed by atoms with E-state index < -0.39 is 11.9 Å². The Morgan fingerprint density at radius 2 is 1.15 bits per heavy atom. The molecule has 0 unspecified atom stereocenters. The molecule has 2 rings (SSSR count). The van der Waals surface area contributed by atoms with E-state index in [9.17, 15) is 19.8 Å². The van der Waals surface area contributed by atoms with Crippen LogP contribution in [-0.2, 0) is 0 Å². The maximum atomic E-state index is 11.4. The van der Waals surface area contributed by atoms with Gasteiger partial charge in [-0.15, -0.1) is 0 Å². The highest BCUT2D eigenvalue weighted by Gasteiger charge is 2.19. The highest BCUT2D eigenvalue weighted by Crippen LogP contribution is 2.31. The quantitative estimate of drug-likeness (QED) is 0.877. The van der Waals surface area contributed by atoms with E-state index in [0.717, 1.165) is 10.8 Å². The van der Waals surface area contributed by atoms with Crippen molar-refractivity contribution in [1.29, 1.82) is 0 Å². The molecular weight excluding hydrogens is 256 g/mol. The van der Waals surface area contributed by atoms with Gasteiger partial charge in [0.1, 0.15) is 0 Å². The summed E-state index contributed by atoms with van der Waals surface area (Å²) in [5.41, 5.74) is 3.11. The Bertz CT molecular complexity index is 696. The summed E-state index contributed by atoms with van der Waals surface area (Å²) in [7, 11) is 0. The van der Waals surface area contributed by atoms with Gasteiger partial charge in [0.05, 0.1) is 11.1 Å². The first-order valence-corrected chi connectivity index (χ1v) is 6.26. The number of aromatic carboxylic acids is 2. The zero-order valence-electron chi connectivity index (χ0n) is 11.9. The van der Waals surface area contributed by atoms with Gasteiger partial charge in [0.2, 0.25) is 0 Å². The summed E-state index contributed by atoms with van der Waals surface area (Å²) in [4.78, 5) is 22.7. The smallest absolute Gasteiger partial charge is 0.336 e. The fourth-order valence-corrected chi connectivity index (χ4v) is 3.01. The lowest BCUT2D eigenvalue weighted by Crippen LogP contribution is -2.08. The Morgan fingerprint density at radius 3 is 1.45 bits per heavy atom. The second-order valence-electron chi connectivity index (χ2n) is 5.10. The van der Waals surface area contributed by atoms with Crippen LogP contribution in [0.4, 0.5) is 0 Å². The summed E-state index contributed by atoms with van der Waals surface area (Å²) in [6, 6.07) is 3.61. The van der Waals surface area contributed by atoms with E-state index in [1.54, 1.807) is 39.8 Å². The van der Waals surface area contributed by atoms with Crippen molar-refractivity contribution in [2.45, 2.75) is 27.7 Å². The van der Waals surface area contributed by atoms with Crippen molar-refractivity contribution in [1.82, 2.24) is 0 Å². The summed E-state index contributed by atoms with van der Waals surface area (Å²) >= 11 is 0. The van der Waals surface area contributed by atoms with E-state index in [0.29, 0.717) is 22.3 Å². The molecule has 0 radical (unpaired) electrons. The van der Waals surface area contributed by atoms with Crippen molar-refractivity contribution in [3.63, 3.8) is 0 Å². The van der Waals surface area contributed by atoms with E-state index in [4.69, 9.17) is 0 Å². The molecule has 2 N–H and O–H groups in total. The maximum absolute atomic E-state index is 11.4. The van der Waals surface area contributed by atoms with Gasteiger partial charge in [0.15, 0.2) is 0 Å².